The van der Waals surface area contributed by atoms with Gasteiger partial charge in [0.2, 0.25) is 0 Å². The van der Waals surface area contributed by atoms with Crippen molar-refractivity contribution >= 4 is 22.6 Å². The number of anilines is 1. The van der Waals surface area contributed by atoms with E-state index in [1.54, 1.807) is 20.3 Å². The van der Waals surface area contributed by atoms with E-state index in [1.165, 1.54) is 0 Å². The predicted molar refractivity (Wildman–Crippen MR) is 141 cm³/mol. The summed E-state index contributed by atoms with van der Waals surface area (Å²) in [5.41, 5.74) is 12.4. The largest absolute Gasteiger partial charge is 0.488 e. The smallest absolute Gasteiger partial charge is 0.310 e. The molecule has 0 aliphatic carbocycles. The van der Waals surface area contributed by atoms with E-state index in [9.17, 15) is 4.79 Å². The van der Waals surface area contributed by atoms with E-state index >= 15 is 0 Å². The van der Waals surface area contributed by atoms with Crippen molar-refractivity contribution in [3.8, 4) is 16.9 Å². The number of benzene rings is 3. The summed E-state index contributed by atoms with van der Waals surface area (Å²) in [6.45, 7) is 4.12. The van der Waals surface area contributed by atoms with Gasteiger partial charge >= 0.3 is 5.97 Å². The number of esters is 1. The topological polar surface area (TPSA) is 96.0 Å². The molecule has 1 heterocycles. The fourth-order valence-electron chi connectivity index (χ4n) is 4.08. The minimum Gasteiger partial charge on any atom is -0.488 e. The molecule has 7 heteroatoms. The van der Waals surface area contributed by atoms with Crippen LogP contribution in [0.3, 0.4) is 0 Å². The molecule has 1 aromatic heterocycles. The summed E-state index contributed by atoms with van der Waals surface area (Å²) >= 11 is 0. The molecule has 0 unspecified atom stereocenters. The van der Waals surface area contributed by atoms with Gasteiger partial charge in [0.15, 0.2) is 5.58 Å². The van der Waals surface area contributed by atoms with Gasteiger partial charge in [0.1, 0.15) is 12.4 Å². The fourth-order valence-corrected chi connectivity index (χ4v) is 4.08. The van der Waals surface area contributed by atoms with Crippen LogP contribution < -0.4 is 15.8 Å². The Labute approximate surface area is 211 Å². The first-order valence-electron chi connectivity index (χ1n) is 12.1. The van der Waals surface area contributed by atoms with Gasteiger partial charge in [-0.15, -0.1) is 0 Å². The van der Waals surface area contributed by atoms with Gasteiger partial charge < -0.3 is 29.7 Å². The third kappa shape index (κ3) is 6.05. The number of rotatable bonds is 12. The van der Waals surface area contributed by atoms with Gasteiger partial charge in [-0.25, -0.2) is 0 Å². The van der Waals surface area contributed by atoms with E-state index in [1.807, 2.05) is 36.4 Å². The maximum Gasteiger partial charge on any atom is 0.310 e. The molecule has 0 aliphatic heterocycles. The van der Waals surface area contributed by atoms with Crippen LogP contribution >= 0.6 is 0 Å². The van der Waals surface area contributed by atoms with Crippen molar-refractivity contribution in [2.45, 2.75) is 26.5 Å². The van der Waals surface area contributed by atoms with Gasteiger partial charge in [-0.3, -0.25) is 4.79 Å². The lowest BCUT2D eigenvalue weighted by atomic mass is 9.99. The number of carbonyl (C=O) groups excluding carboxylic acids is 1. The molecule has 0 bridgehead atoms. The highest BCUT2D eigenvalue weighted by atomic mass is 16.5. The van der Waals surface area contributed by atoms with Crippen LogP contribution in [0.4, 0.5) is 5.69 Å². The molecule has 188 valence electrons. The van der Waals surface area contributed by atoms with Crippen LogP contribution in [0.15, 0.2) is 71.3 Å². The van der Waals surface area contributed by atoms with Gasteiger partial charge in [0.25, 0.3) is 0 Å². The Morgan fingerprint density at radius 2 is 1.89 bits per heavy atom. The summed E-state index contributed by atoms with van der Waals surface area (Å²) in [5.74, 6) is 0.364. The van der Waals surface area contributed by atoms with Gasteiger partial charge in [-0.2, -0.15) is 0 Å². The summed E-state index contributed by atoms with van der Waals surface area (Å²) < 4.78 is 22.5. The maximum absolute atomic E-state index is 12.0. The van der Waals surface area contributed by atoms with E-state index in [2.05, 4.69) is 29.6 Å². The minimum atomic E-state index is -0.279. The van der Waals surface area contributed by atoms with Crippen molar-refractivity contribution in [3.05, 3.63) is 83.6 Å². The zero-order chi connectivity index (χ0) is 25.3. The number of carbonyl (C=O) groups is 1. The quantitative estimate of drug-likeness (QED) is 0.206. The van der Waals surface area contributed by atoms with Gasteiger partial charge in [0, 0.05) is 36.7 Å². The molecule has 36 heavy (non-hydrogen) atoms. The normalized spacial score (nSPS) is 11.0. The van der Waals surface area contributed by atoms with Crippen LogP contribution in [0.5, 0.6) is 5.75 Å². The molecule has 0 saturated carbocycles. The Balaban J connectivity index is 1.65. The summed E-state index contributed by atoms with van der Waals surface area (Å²) in [7, 11) is 1.67. The molecule has 7 nitrogen and oxygen atoms in total. The molecule has 3 N–H and O–H groups in total. The van der Waals surface area contributed by atoms with Gasteiger partial charge in [0.05, 0.1) is 31.6 Å². The second-order valence-corrected chi connectivity index (χ2v) is 8.36. The van der Waals surface area contributed by atoms with Gasteiger partial charge in [-0.05, 0) is 47.9 Å². The monoisotopic (exact) mass is 488 g/mol. The molecule has 0 aliphatic rings. The Bertz CT molecular complexity index is 1310. The van der Waals surface area contributed by atoms with Crippen LogP contribution in [0.1, 0.15) is 23.6 Å². The maximum atomic E-state index is 12.0. The molecule has 0 spiro atoms. The van der Waals surface area contributed by atoms with Crippen molar-refractivity contribution in [1.82, 2.24) is 0 Å². The summed E-state index contributed by atoms with van der Waals surface area (Å²) in [6.07, 6.45) is 1.88. The summed E-state index contributed by atoms with van der Waals surface area (Å²) in [5, 5.41) is 4.37. The SMILES string of the molecule is CCOC(=O)Cc1ccccc1OCc1coc2c(NCCOC)cc(-c3cccc(CN)c3)cc12. The molecule has 0 atom stereocenters. The molecule has 4 aromatic rings. The van der Waals surface area contributed by atoms with Gasteiger partial charge in [-0.1, -0.05) is 36.4 Å². The second-order valence-electron chi connectivity index (χ2n) is 8.36. The first-order chi connectivity index (χ1) is 17.6. The van der Waals surface area contributed by atoms with Crippen LogP contribution in [-0.2, 0) is 33.8 Å². The van der Waals surface area contributed by atoms with Crippen molar-refractivity contribution in [2.24, 2.45) is 5.73 Å². The minimum absolute atomic E-state index is 0.158. The Hall–Kier alpha value is -3.81. The number of ether oxygens (including phenoxy) is 3. The highest BCUT2D eigenvalue weighted by Crippen LogP contribution is 2.35. The van der Waals surface area contributed by atoms with E-state index in [0.29, 0.717) is 32.1 Å². The van der Waals surface area contributed by atoms with E-state index in [4.69, 9.17) is 24.4 Å². The van der Waals surface area contributed by atoms with Crippen LogP contribution in [0.2, 0.25) is 0 Å². The second kappa shape index (κ2) is 12.2. The first-order valence-corrected chi connectivity index (χ1v) is 12.1. The van der Waals surface area contributed by atoms with E-state index in [-0.39, 0.29) is 19.0 Å². The molecule has 0 saturated heterocycles. The Morgan fingerprint density at radius 1 is 1.03 bits per heavy atom. The van der Waals surface area contributed by atoms with Crippen molar-refractivity contribution in [3.63, 3.8) is 0 Å². The third-order valence-electron chi connectivity index (χ3n) is 5.87. The zero-order valence-corrected chi connectivity index (χ0v) is 20.7. The number of nitrogens with one attached hydrogen (secondary N) is 1. The molecule has 3 aromatic carbocycles. The van der Waals surface area contributed by atoms with Crippen LogP contribution in [0.25, 0.3) is 22.1 Å². The average molecular weight is 489 g/mol. The molecule has 0 amide bonds. The van der Waals surface area contributed by atoms with E-state index < -0.39 is 0 Å². The lowest BCUT2D eigenvalue weighted by Crippen LogP contribution is -2.09. The highest BCUT2D eigenvalue weighted by molar-refractivity contribution is 5.96. The number of nitrogens with two attached hydrogens (primary N) is 1. The predicted octanol–water partition coefficient (Wildman–Crippen LogP) is 5.30. The average Bonchev–Trinajstić information content (AvgIpc) is 3.31. The Kier molecular flexibility index (Phi) is 8.60. The number of hydrogen-bond acceptors (Lipinski definition) is 7. The number of para-hydroxylation sites is 1. The number of furan rings is 1. The molecular weight excluding hydrogens is 456 g/mol. The molecule has 0 radical (unpaired) electrons. The zero-order valence-electron chi connectivity index (χ0n) is 20.7. The number of hydrogen-bond donors (Lipinski definition) is 2. The lowest BCUT2D eigenvalue weighted by Gasteiger charge is -2.12. The van der Waals surface area contributed by atoms with Crippen molar-refractivity contribution in [1.29, 1.82) is 0 Å². The van der Waals surface area contributed by atoms with Crippen LogP contribution in [-0.4, -0.2) is 32.8 Å². The summed E-state index contributed by atoms with van der Waals surface area (Å²) in [4.78, 5) is 12.0. The van der Waals surface area contributed by atoms with Crippen LogP contribution in [0, 0.1) is 0 Å². The van der Waals surface area contributed by atoms with E-state index in [0.717, 1.165) is 44.5 Å². The summed E-state index contributed by atoms with van der Waals surface area (Å²) in [6, 6.07) is 19.9. The van der Waals surface area contributed by atoms with Crippen molar-refractivity contribution < 1.29 is 23.4 Å². The first kappa shape index (κ1) is 25.3. The molecule has 0 fully saturated rings. The highest BCUT2D eigenvalue weighted by Gasteiger charge is 2.15. The molecular formula is C29H32N2O5. The standard InChI is InChI=1S/C29H32N2O5/c1-3-34-28(32)16-22-8-4-5-10-27(22)35-18-24-19-36-29-25(24)14-23(15-26(29)31-11-12-33-2)21-9-6-7-20(13-21)17-30/h4-10,13-15,19,31H,3,11-12,16-18,30H2,1-2H3. The van der Waals surface area contributed by atoms with Crippen molar-refractivity contribution in [2.75, 3.05) is 32.2 Å². The molecule has 4 rings (SSSR count). The lowest BCUT2D eigenvalue weighted by molar-refractivity contribution is -0.142. The third-order valence-corrected chi connectivity index (χ3v) is 5.87. The number of fused-ring (bicyclic) bond motifs is 1. The number of methoxy groups -OCH3 is 1. The Morgan fingerprint density at radius 3 is 2.69 bits per heavy atom. The fraction of sp³-hybridized carbons (Fsp3) is 0.276.